The minimum Gasteiger partial charge on any atom is -0.507 e. The molecular formula is C63H62N2O. The van der Waals surface area contributed by atoms with E-state index in [9.17, 15) is 5.11 Å². The van der Waals surface area contributed by atoms with Gasteiger partial charge in [0.05, 0.1) is 22.3 Å². The van der Waals surface area contributed by atoms with Crippen molar-refractivity contribution in [2.75, 3.05) is 0 Å². The van der Waals surface area contributed by atoms with Crippen LogP contribution in [0.5, 0.6) is 5.75 Å². The summed E-state index contributed by atoms with van der Waals surface area (Å²) in [5, 5.41) is 12.5. The number of aromatic nitrogens is 2. The van der Waals surface area contributed by atoms with Gasteiger partial charge in [0.1, 0.15) is 11.6 Å². The molecule has 1 heterocycles. The van der Waals surface area contributed by atoms with E-state index in [4.69, 9.17) is 4.98 Å². The number of hydrogen-bond acceptors (Lipinski definition) is 2. The van der Waals surface area contributed by atoms with Gasteiger partial charge in [-0.3, -0.25) is 4.57 Å². The Bertz CT molecular complexity index is 3200. The minimum absolute atomic E-state index is 0.102. The number of aromatic hydroxyl groups is 1. The van der Waals surface area contributed by atoms with E-state index in [-0.39, 0.29) is 28.4 Å². The normalized spacial score (nSPS) is 12.1. The van der Waals surface area contributed by atoms with Gasteiger partial charge in [-0.1, -0.05) is 209 Å². The molecule has 0 unspecified atom stereocenters. The molecule has 1 aromatic heterocycles. The number of imidazole rings is 1. The number of nitrogens with zero attached hydrogens (tertiary/aromatic N) is 2. The van der Waals surface area contributed by atoms with Crippen molar-refractivity contribution in [2.45, 2.75) is 91.9 Å². The Balaban J connectivity index is 1.40. The lowest BCUT2D eigenvalue weighted by Crippen LogP contribution is -2.14. The molecule has 0 bridgehead atoms. The highest BCUT2D eigenvalue weighted by molar-refractivity contribution is 5.98. The van der Waals surface area contributed by atoms with Gasteiger partial charge in [-0.2, -0.15) is 0 Å². The molecule has 0 saturated carbocycles. The summed E-state index contributed by atoms with van der Waals surface area (Å²) in [5.41, 5.74) is 19.3. The number of phenols is 1. The molecule has 0 saturated heterocycles. The van der Waals surface area contributed by atoms with Crippen LogP contribution in [0.4, 0.5) is 0 Å². The highest BCUT2D eigenvalue weighted by atomic mass is 16.3. The molecular weight excluding hydrogens is 801 g/mol. The predicted octanol–water partition coefficient (Wildman–Crippen LogP) is 17.6. The molecule has 0 radical (unpaired) electrons. The van der Waals surface area contributed by atoms with E-state index in [1.165, 1.54) is 38.9 Å². The van der Waals surface area contributed by atoms with Gasteiger partial charge < -0.3 is 5.11 Å². The zero-order valence-corrected chi connectivity index (χ0v) is 40.2. The van der Waals surface area contributed by atoms with Crippen LogP contribution in [0.1, 0.15) is 103 Å². The highest BCUT2D eigenvalue weighted by Crippen LogP contribution is 2.47. The molecule has 0 aliphatic rings. The highest BCUT2D eigenvalue weighted by Gasteiger charge is 2.28. The summed E-state index contributed by atoms with van der Waals surface area (Å²) in [5.74, 6) is 1.33. The van der Waals surface area contributed by atoms with Gasteiger partial charge in [0.15, 0.2) is 0 Å². The maximum atomic E-state index is 12.5. The summed E-state index contributed by atoms with van der Waals surface area (Å²) in [6.45, 7) is 22.5. The van der Waals surface area contributed by atoms with E-state index in [1.807, 2.05) is 0 Å². The molecule has 0 amide bonds. The van der Waals surface area contributed by atoms with Crippen molar-refractivity contribution >= 4 is 11.0 Å². The molecule has 0 atom stereocenters. The van der Waals surface area contributed by atoms with E-state index in [0.717, 1.165) is 61.2 Å². The number of rotatable bonds is 9. The molecule has 9 rings (SSSR count). The zero-order valence-electron chi connectivity index (χ0n) is 40.2. The summed E-state index contributed by atoms with van der Waals surface area (Å²) < 4.78 is 2.33. The maximum Gasteiger partial charge on any atom is 0.149 e. The van der Waals surface area contributed by atoms with Gasteiger partial charge >= 0.3 is 0 Å². The van der Waals surface area contributed by atoms with E-state index in [1.54, 1.807) is 0 Å². The van der Waals surface area contributed by atoms with Crippen LogP contribution in [0.2, 0.25) is 0 Å². The fraction of sp³-hybridized carbons (Fsp3) is 0.222. The molecule has 1 N–H and O–H groups in total. The van der Waals surface area contributed by atoms with Crippen LogP contribution in [-0.2, 0) is 10.8 Å². The second-order valence-corrected chi connectivity index (χ2v) is 20.7. The summed E-state index contributed by atoms with van der Waals surface area (Å²) in [6.07, 6.45) is 0. The standard InChI is InChI=1S/C63H62N2O/c1-40(2)47-36-52(41(3)4)60(66)55(37-47)61-64-59-51(49-33-48(34-50(35-49)62(5,6)7)46-29-20-28-45(32-46)42-22-14-11-15-23-42)30-21-31-57(59)65(61)58-39-53(43-24-16-12-17-25-43)56(63(8,9)10)38-54(58)44-26-18-13-19-27-44/h11-41,66H,1-10H3. The molecule has 9 aromatic rings. The number of hydrogen-bond donors (Lipinski definition) is 1. The first-order chi connectivity index (χ1) is 31.6. The molecule has 0 aliphatic carbocycles. The van der Waals surface area contributed by atoms with Crippen molar-refractivity contribution in [3.63, 3.8) is 0 Å². The molecule has 0 fully saturated rings. The van der Waals surface area contributed by atoms with E-state index < -0.39 is 0 Å². The first-order valence-corrected chi connectivity index (χ1v) is 23.6. The van der Waals surface area contributed by atoms with Crippen LogP contribution in [0.25, 0.3) is 83.7 Å². The molecule has 8 aromatic carbocycles. The lowest BCUT2D eigenvalue weighted by atomic mass is 9.79. The van der Waals surface area contributed by atoms with Crippen LogP contribution in [0.15, 0.2) is 176 Å². The smallest absolute Gasteiger partial charge is 0.149 e. The Kier molecular flexibility index (Phi) is 11.7. The number of benzene rings is 8. The van der Waals surface area contributed by atoms with Crippen molar-refractivity contribution in [1.29, 1.82) is 0 Å². The summed E-state index contributed by atoms with van der Waals surface area (Å²) in [6, 6.07) is 63.7. The van der Waals surface area contributed by atoms with Crippen LogP contribution in [-0.4, -0.2) is 14.7 Å². The first kappa shape index (κ1) is 44.2. The van der Waals surface area contributed by atoms with Gasteiger partial charge in [-0.15, -0.1) is 0 Å². The summed E-state index contributed by atoms with van der Waals surface area (Å²) >= 11 is 0. The second-order valence-electron chi connectivity index (χ2n) is 20.7. The van der Waals surface area contributed by atoms with Gasteiger partial charge in [-0.05, 0) is 126 Å². The Labute approximate surface area is 392 Å². The SMILES string of the molecule is CC(C)c1cc(-c2nc3c(-c4cc(-c5cccc(-c6ccccc6)c5)cc(C(C)(C)C)c4)cccc3n2-c2cc(-c3ccccc3)c(C(C)(C)C)cc2-c2ccccc2)c(O)c(C(C)C)c1. The third-order valence-corrected chi connectivity index (χ3v) is 13.1. The van der Waals surface area contributed by atoms with Gasteiger partial charge in [0.2, 0.25) is 0 Å². The first-order valence-electron chi connectivity index (χ1n) is 23.6. The summed E-state index contributed by atoms with van der Waals surface area (Å²) in [4.78, 5) is 5.76. The fourth-order valence-electron chi connectivity index (χ4n) is 9.37. The quantitative estimate of drug-likeness (QED) is 0.157. The van der Waals surface area contributed by atoms with E-state index in [2.05, 4.69) is 250 Å². The van der Waals surface area contributed by atoms with Crippen LogP contribution < -0.4 is 0 Å². The number of fused-ring (bicyclic) bond motifs is 1. The third kappa shape index (κ3) is 8.51. The lowest BCUT2D eigenvalue weighted by Gasteiger charge is -2.27. The molecule has 66 heavy (non-hydrogen) atoms. The average molecular weight is 863 g/mol. The lowest BCUT2D eigenvalue weighted by molar-refractivity contribution is 0.466. The fourth-order valence-corrected chi connectivity index (χ4v) is 9.37. The second kappa shape index (κ2) is 17.4. The summed E-state index contributed by atoms with van der Waals surface area (Å²) in [7, 11) is 0. The topological polar surface area (TPSA) is 38.0 Å². The Morgan fingerprint density at radius 1 is 0.439 bits per heavy atom. The van der Waals surface area contributed by atoms with Gasteiger partial charge in [-0.25, -0.2) is 4.98 Å². The van der Waals surface area contributed by atoms with Crippen LogP contribution in [0.3, 0.4) is 0 Å². The Morgan fingerprint density at radius 2 is 0.985 bits per heavy atom. The zero-order chi connectivity index (χ0) is 46.5. The van der Waals surface area contributed by atoms with Crippen LogP contribution >= 0.6 is 0 Å². The molecule has 3 heteroatoms. The van der Waals surface area contributed by atoms with Crippen molar-refractivity contribution in [3.8, 4) is 78.5 Å². The van der Waals surface area contributed by atoms with E-state index >= 15 is 0 Å². The van der Waals surface area contributed by atoms with Gasteiger partial charge in [0.25, 0.3) is 0 Å². The maximum absolute atomic E-state index is 12.5. The monoisotopic (exact) mass is 862 g/mol. The van der Waals surface area contributed by atoms with Crippen LogP contribution in [0, 0.1) is 0 Å². The predicted molar refractivity (Wildman–Crippen MR) is 281 cm³/mol. The minimum atomic E-state index is -0.160. The Morgan fingerprint density at radius 3 is 1.58 bits per heavy atom. The molecule has 0 aliphatic heterocycles. The number of phenolic OH excluding ortho intramolecular Hbond substituents is 1. The van der Waals surface area contributed by atoms with E-state index in [0.29, 0.717) is 5.82 Å². The Hall–Kier alpha value is -6.97. The van der Waals surface area contributed by atoms with Crippen molar-refractivity contribution in [3.05, 3.63) is 198 Å². The third-order valence-electron chi connectivity index (χ3n) is 13.1. The molecule has 0 spiro atoms. The largest absolute Gasteiger partial charge is 0.507 e. The average Bonchev–Trinajstić information content (AvgIpc) is 3.70. The van der Waals surface area contributed by atoms with Gasteiger partial charge in [0, 0.05) is 11.1 Å². The molecule has 330 valence electrons. The van der Waals surface area contributed by atoms with Crippen molar-refractivity contribution in [2.24, 2.45) is 0 Å². The number of para-hydroxylation sites is 1. The van der Waals surface area contributed by atoms with Crippen molar-refractivity contribution < 1.29 is 5.11 Å². The molecule has 3 nitrogen and oxygen atoms in total. The van der Waals surface area contributed by atoms with Crippen molar-refractivity contribution in [1.82, 2.24) is 9.55 Å².